The fourth-order valence-electron chi connectivity index (χ4n) is 2.71. The van der Waals surface area contributed by atoms with E-state index in [1.165, 1.54) is 22.7 Å². The molecular weight excluding hydrogens is 316 g/mol. The Morgan fingerprint density at radius 2 is 2.09 bits per heavy atom. The van der Waals surface area contributed by atoms with E-state index < -0.39 is 0 Å². The Labute approximate surface area is 135 Å². The van der Waals surface area contributed by atoms with Crippen molar-refractivity contribution < 1.29 is 9.59 Å². The van der Waals surface area contributed by atoms with Crippen molar-refractivity contribution >= 4 is 34.4 Å². The highest BCUT2D eigenvalue weighted by molar-refractivity contribution is 7.13. The Kier molecular flexibility index (Phi) is 3.20. The van der Waals surface area contributed by atoms with Crippen LogP contribution < -0.4 is 5.32 Å². The number of Topliss-reactive ketones (excluding diaryl/α,β-unsaturated/α-hetero) is 1. The second-order valence-corrected chi connectivity index (χ2v) is 6.92. The second kappa shape index (κ2) is 5.23. The second-order valence-electron chi connectivity index (χ2n) is 5.07. The number of aromatic nitrogens is 1. The summed E-state index contributed by atoms with van der Waals surface area (Å²) in [6, 6.07) is 9.10. The lowest BCUT2D eigenvalue weighted by molar-refractivity contribution is 0.0916. The summed E-state index contributed by atoms with van der Waals surface area (Å²) >= 11 is 2.96. The van der Waals surface area contributed by atoms with Gasteiger partial charge in [0.1, 0.15) is 5.00 Å². The first-order valence-electron chi connectivity index (χ1n) is 6.87. The topological polar surface area (TPSA) is 51.1 Å². The van der Waals surface area contributed by atoms with Gasteiger partial charge < -0.3 is 9.88 Å². The molecule has 1 amide bonds. The van der Waals surface area contributed by atoms with Crippen LogP contribution >= 0.6 is 22.7 Å². The molecule has 1 aliphatic heterocycles. The number of fused-ring (bicyclic) bond motifs is 3. The molecule has 1 aliphatic rings. The summed E-state index contributed by atoms with van der Waals surface area (Å²) in [5.74, 6) is -0.0674. The molecule has 0 saturated heterocycles. The summed E-state index contributed by atoms with van der Waals surface area (Å²) in [6.45, 7) is 0. The highest BCUT2D eigenvalue weighted by Gasteiger charge is 2.28. The van der Waals surface area contributed by atoms with E-state index in [2.05, 4.69) is 5.32 Å². The zero-order chi connectivity index (χ0) is 15.1. The number of nitrogens with zero attached hydrogens (tertiary/aromatic N) is 1. The molecule has 0 radical (unpaired) electrons. The molecule has 1 unspecified atom stereocenters. The SMILES string of the molecule is O=C(CC1NC(=O)c2ccsc2-n2cccc21)c1cccs1. The van der Waals surface area contributed by atoms with E-state index in [0.29, 0.717) is 5.56 Å². The Bertz CT molecular complexity index is 845. The first-order valence-corrected chi connectivity index (χ1v) is 8.62. The van der Waals surface area contributed by atoms with Gasteiger partial charge in [0.15, 0.2) is 5.78 Å². The monoisotopic (exact) mass is 328 g/mol. The smallest absolute Gasteiger partial charge is 0.254 e. The molecule has 0 aliphatic carbocycles. The van der Waals surface area contributed by atoms with Crippen LogP contribution in [0.5, 0.6) is 0 Å². The third-order valence-corrected chi connectivity index (χ3v) is 5.56. The maximum Gasteiger partial charge on any atom is 0.254 e. The van der Waals surface area contributed by atoms with Crippen molar-refractivity contribution in [1.82, 2.24) is 9.88 Å². The molecule has 1 N–H and O–H groups in total. The largest absolute Gasteiger partial charge is 0.343 e. The lowest BCUT2D eigenvalue weighted by Gasteiger charge is -2.16. The molecule has 0 spiro atoms. The van der Waals surface area contributed by atoms with E-state index in [1.807, 2.05) is 51.9 Å². The molecule has 4 nitrogen and oxygen atoms in total. The van der Waals surface area contributed by atoms with E-state index in [1.54, 1.807) is 0 Å². The van der Waals surface area contributed by atoms with Crippen molar-refractivity contribution in [2.24, 2.45) is 0 Å². The van der Waals surface area contributed by atoms with Gasteiger partial charge >= 0.3 is 0 Å². The number of thiophene rings is 2. The van der Waals surface area contributed by atoms with Gasteiger partial charge in [0.05, 0.1) is 16.5 Å². The number of nitrogens with one attached hydrogen (secondary N) is 1. The minimum atomic E-state index is -0.309. The summed E-state index contributed by atoms with van der Waals surface area (Å²) in [5, 5.41) is 7.69. The van der Waals surface area contributed by atoms with Crippen molar-refractivity contribution in [3.05, 3.63) is 63.4 Å². The van der Waals surface area contributed by atoms with E-state index >= 15 is 0 Å². The highest BCUT2D eigenvalue weighted by Crippen LogP contribution is 2.32. The van der Waals surface area contributed by atoms with Crippen molar-refractivity contribution in [1.29, 1.82) is 0 Å². The molecule has 6 heteroatoms. The van der Waals surface area contributed by atoms with Gasteiger partial charge in [-0.15, -0.1) is 22.7 Å². The lowest BCUT2D eigenvalue weighted by atomic mass is 10.1. The standard InChI is InChI=1S/C16H12N2O2S2/c19-13(14-4-2-7-21-14)9-11-12-3-1-6-18(12)16-10(5-8-22-16)15(20)17-11/h1-8,11H,9H2,(H,17,20). The number of ketones is 1. The van der Waals surface area contributed by atoms with Crippen LogP contribution in [0.3, 0.4) is 0 Å². The van der Waals surface area contributed by atoms with Crippen molar-refractivity contribution in [3.63, 3.8) is 0 Å². The molecule has 4 rings (SSSR count). The number of carbonyl (C=O) groups excluding carboxylic acids is 2. The van der Waals surface area contributed by atoms with Gasteiger partial charge in [0.2, 0.25) is 0 Å². The van der Waals surface area contributed by atoms with E-state index in [4.69, 9.17) is 0 Å². The summed E-state index contributed by atoms with van der Waals surface area (Å²) in [6.07, 6.45) is 2.21. The van der Waals surface area contributed by atoms with Crippen molar-refractivity contribution in [3.8, 4) is 5.00 Å². The fraction of sp³-hybridized carbons (Fsp3) is 0.125. The molecule has 22 heavy (non-hydrogen) atoms. The third kappa shape index (κ3) is 2.12. The lowest BCUT2D eigenvalue weighted by Crippen LogP contribution is -2.28. The van der Waals surface area contributed by atoms with Gasteiger partial charge in [-0.2, -0.15) is 0 Å². The normalized spacial score (nSPS) is 16.5. The van der Waals surface area contributed by atoms with Gasteiger partial charge in [-0.1, -0.05) is 6.07 Å². The molecule has 0 aromatic carbocycles. The molecule has 110 valence electrons. The van der Waals surface area contributed by atoms with Crippen LogP contribution in [0.25, 0.3) is 5.00 Å². The number of carbonyl (C=O) groups is 2. The average Bonchev–Trinajstić information content (AvgIpc) is 3.24. The van der Waals surface area contributed by atoms with Crippen molar-refractivity contribution in [2.75, 3.05) is 0 Å². The molecule has 0 saturated carbocycles. The van der Waals surface area contributed by atoms with E-state index in [0.717, 1.165) is 15.6 Å². The van der Waals surface area contributed by atoms with Gasteiger partial charge in [-0.3, -0.25) is 9.59 Å². The quantitative estimate of drug-likeness (QED) is 0.746. The first kappa shape index (κ1) is 13.5. The van der Waals surface area contributed by atoms with Crippen LogP contribution in [0.4, 0.5) is 0 Å². The van der Waals surface area contributed by atoms with Crippen LogP contribution in [-0.2, 0) is 0 Å². The molecule has 0 fully saturated rings. The predicted molar refractivity (Wildman–Crippen MR) is 87.1 cm³/mol. The van der Waals surface area contributed by atoms with Gasteiger partial charge in [-0.05, 0) is 35.0 Å². The maximum atomic E-state index is 12.4. The van der Waals surface area contributed by atoms with Crippen LogP contribution in [0, 0.1) is 0 Å². The predicted octanol–water partition coefficient (Wildman–Crippen LogP) is 3.66. The number of rotatable bonds is 3. The Hall–Kier alpha value is -2.18. The molecule has 4 heterocycles. The zero-order valence-corrected chi connectivity index (χ0v) is 13.1. The molecule has 0 bridgehead atoms. The fourth-order valence-corrected chi connectivity index (χ4v) is 4.29. The van der Waals surface area contributed by atoms with E-state index in [9.17, 15) is 9.59 Å². The summed E-state index contributed by atoms with van der Waals surface area (Å²) in [4.78, 5) is 25.5. The van der Waals surface area contributed by atoms with Crippen molar-refractivity contribution in [2.45, 2.75) is 12.5 Å². The van der Waals surface area contributed by atoms with Crippen LogP contribution in [-0.4, -0.2) is 16.3 Å². The Morgan fingerprint density at radius 3 is 2.91 bits per heavy atom. The van der Waals surface area contributed by atoms with Gasteiger partial charge in [0.25, 0.3) is 5.91 Å². The van der Waals surface area contributed by atoms with Crippen LogP contribution in [0.2, 0.25) is 0 Å². The summed E-state index contributed by atoms with van der Waals surface area (Å²) in [7, 11) is 0. The van der Waals surface area contributed by atoms with Crippen LogP contribution in [0.15, 0.2) is 47.3 Å². The number of hydrogen-bond donors (Lipinski definition) is 1. The van der Waals surface area contributed by atoms with E-state index in [-0.39, 0.29) is 24.2 Å². The molecule has 3 aromatic rings. The zero-order valence-electron chi connectivity index (χ0n) is 11.5. The molecular formula is C16H12N2O2S2. The molecule has 1 atom stereocenters. The maximum absolute atomic E-state index is 12.4. The summed E-state index contributed by atoms with van der Waals surface area (Å²) in [5.41, 5.74) is 1.60. The van der Waals surface area contributed by atoms with Gasteiger partial charge in [0, 0.05) is 18.3 Å². The Balaban J connectivity index is 1.71. The first-order chi connectivity index (χ1) is 10.7. The minimum Gasteiger partial charge on any atom is -0.343 e. The number of amides is 1. The highest BCUT2D eigenvalue weighted by atomic mass is 32.1. The Morgan fingerprint density at radius 1 is 1.18 bits per heavy atom. The number of hydrogen-bond acceptors (Lipinski definition) is 4. The summed E-state index contributed by atoms with van der Waals surface area (Å²) < 4.78 is 2.00. The van der Waals surface area contributed by atoms with Gasteiger partial charge in [-0.25, -0.2) is 0 Å². The minimum absolute atomic E-state index is 0.0540. The van der Waals surface area contributed by atoms with Crippen LogP contribution in [0.1, 0.15) is 38.2 Å². The average molecular weight is 328 g/mol. The third-order valence-electron chi connectivity index (χ3n) is 3.74. The molecule has 3 aromatic heterocycles.